The third-order valence-electron chi connectivity index (χ3n) is 2.97. The molecule has 0 bridgehead atoms. The molecule has 0 aliphatic heterocycles. The molecular formula is C15H25ClN4O. The molecule has 0 aromatic carbocycles. The zero-order chi connectivity index (χ0) is 16.0. The fourth-order valence-corrected chi connectivity index (χ4v) is 1.81. The Labute approximate surface area is 131 Å². The molecule has 118 valence electrons. The monoisotopic (exact) mass is 312 g/mol. The van der Waals surface area contributed by atoms with Crippen molar-refractivity contribution >= 4 is 23.3 Å². The van der Waals surface area contributed by atoms with Gasteiger partial charge >= 0.3 is 0 Å². The van der Waals surface area contributed by atoms with Crippen molar-refractivity contribution in [2.45, 2.75) is 47.0 Å². The number of anilines is 1. The van der Waals surface area contributed by atoms with E-state index in [-0.39, 0.29) is 11.8 Å². The van der Waals surface area contributed by atoms with Gasteiger partial charge < -0.3 is 10.6 Å². The summed E-state index contributed by atoms with van der Waals surface area (Å²) in [6.45, 7) is 11.3. The molecule has 0 radical (unpaired) electrons. The smallest absolute Gasteiger partial charge is 0.221 e. The van der Waals surface area contributed by atoms with Crippen LogP contribution in [0.5, 0.6) is 0 Å². The molecule has 1 rings (SSSR count). The first-order valence-electron chi connectivity index (χ1n) is 7.35. The lowest BCUT2D eigenvalue weighted by molar-refractivity contribution is -0.120. The minimum Gasteiger partial charge on any atom is -0.369 e. The Morgan fingerprint density at radius 2 is 1.90 bits per heavy atom. The van der Waals surface area contributed by atoms with Crippen molar-refractivity contribution in [2.75, 3.05) is 18.4 Å². The second kappa shape index (κ2) is 8.17. The molecule has 0 fully saturated rings. The number of hydrogen-bond donors (Lipinski definition) is 2. The highest BCUT2D eigenvalue weighted by molar-refractivity contribution is 6.30. The molecule has 0 aliphatic rings. The quantitative estimate of drug-likeness (QED) is 0.759. The van der Waals surface area contributed by atoms with Gasteiger partial charge in [-0.2, -0.15) is 0 Å². The van der Waals surface area contributed by atoms with Crippen LogP contribution in [0.25, 0.3) is 0 Å². The summed E-state index contributed by atoms with van der Waals surface area (Å²) in [6, 6.07) is 0. The molecule has 0 saturated heterocycles. The van der Waals surface area contributed by atoms with Gasteiger partial charge in [-0.05, 0) is 12.8 Å². The number of amides is 1. The Morgan fingerprint density at radius 3 is 2.48 bits per heavy atom. The Morgan fingerprint density at radius 1 is 1.24 bits per heavy atom. The first-order chi connectivity index (χ1) is 9.81. The number of carbonyl (C=O) groups excluding carboxylic acids is 1. The molecule has 1 amide bonds. The molecule has 0 atom stereocenters. The largest absolute Gasteiger partial charge is 0.369 e. The minimum atomic E-state index is 0.0399. The van der Waals surface area contributed by atoms with Crippen LogP contribution in [0.1, 0.15) is 51.4 Å². The number of nitrogens with zero attached hydrogens (tertiary/aromatic N) is 2. The van der Waals surface area contributed by atoms with Crippen molar-refractivity contribution in [1.29, 1.82) is 0 Å². The second-order valence-corrected chi connectivity index (χ2v) is 6.23. The third-order valence-corrected chi connectivity index (χ3v) is 3.34. The van der Waals surface area contributed by atoms with E-state index in [0.717, 1.165) is 5.56 Å². The van der Waals surface area contributed by atoms with Gasteiger partial charge in [-0.3, -0.25) is 4.79 Å². The average Bonchev–Trinajstić information content (AvgIpc) is 2.40. The molecule has 1 aromatic rings. The fourth-order valence-electron chi connectivity index (χ4n) is 1.64. The highest BCUT2D eigenvalue weighted by Crippen LogP contribution is 2.22. The molecule has 6 heteroatoms. The average molecular weight is 313 g/mol. The standard InChI is InChI=1S/C15H25ClN4O/c1-9(2)8-18-12(21)6-7-17-15-11(5)13(16)19-14(20-15)10(3)4/h9-10H,6-8H2,1-5H3,(H,18,21)(H,17,19,20). The summed E-state index contributed by atoms with van der Waals surface area (Å²) in [7, 11) is 0. The zero-order valence-electron chi connectivity index (χ0n) is 13.5. The van der Waals surface area contributed by atoms with Gasteiger partial charge in [0.2, 0.25) is 5.91 Å². The fraction of sp³-hybridized carbons (Fsp3) is 0.667. The maximum atomic E-state index is 11.7. The SMILES string of the molecule is Cc1c(Cl)nc(C(C)C)nc1NCCC(=O)NCC(C)C. The van der Waals surface area contributed by atoms with Crippen LogP contribution in [-0.2, 0) is 4.79 Å². The summed E-state index contributed by atoms with van der Waals surface area (Å²) in [5.41, 5.74) is 0.809. The van der Waals surface area contributed by atoms with Gasteiger partial charge in [-0.1, -0.05) is 39.3 Å². The second-order valence-electron chi connectivity index (χ2n) is 5.88. The van der Waals surface area contributed by atoms with E-state index in [0.29, 0.717) is 42.2 Å². The van der Waals surface area contributed by atoms with E-state index in [9.17, 15) is 4.79 Å². The molecule has 0 spiro atoms. The maximum absolute atomic E-state index is 11.7. The number of hydrogen-bond acceptors (Lipinski definition) is 4. The number of aromatic nitrogens is 2. The lowest BCUT2D eigenvalue weighted by Gasteiger charge is -2.13. The van der Waals surface area contributed by atoms with Crippen LogP contribution in [-0.4, -0.2) is 29.0 Å². The van der Waals surface area contributed by atoms with Gasteiger partial charge in [-0.15, -0.1) is 0 Å². The van der Waals surface area contributed by atoms with Crippen molar-refractivity contribution in [3.05, 3.63) is 16.5 Å². The van der Waals surface area contributed by atoms with Gasteiger partial charge in [0.25, 0.3) is 0 Å². The minimum absolute atomic E-state index is 0.0399. The summed E-state index contributed by atoms with van der Waals surface area (Å²) in [5.74, 6) is 2.11. The van der Waals surface area contributed by atoms with Gasteiger partial charge in [0.05, 0.1) is 0 Å². The molecule has 21 heavy (non-hydrogen) atoms. The van der Waals surface area contributed by atoms with Crippen LogP contribution in [0.3, 0.4) is 0 Å². The predicted molar refractivity (Wildman–Crippen MR) is 86.8 cm³/mol. The van der Waals surface area contributed by atoms with E-state index < -0.39 is 0 Å². The van der Waals surface area contributed by atoms with Crippen LogP contribution in [0.15, 0.2) is 0 Å². The first kappa shape index (κ1) is 17.7. The van der Waals surface area contributed by atoms with Crippen LogP contribution >= 0.6 is 11.6 Å². The van der Waals surface area contributed by atoms with E-state index in [1.54, 1.807) is 0 Å². The summed E-state index contributed by atoms with van der Waals surface area (Å²) in [5, 5.41) is 6.52. The topological polar surface area (TPSA) is 66.9 Å². The zero-order valence-corrected chi connectivity index (χ0v) is 14.2. The molecular weight excluding hydrogens is 288 g/mol. The Hall–Kier alpha value is -1.36. The van der Waals surface area contributed by atoms with Crippen LogP contribution in [0.4, 0.5) is 5.82 Å². The Bertz CT molecular complexity index is 489. The van der Waals surface area contributed by atoms with Gasteiger partial charge in [0.1, 0.15) is 16.8 Å². The lowest BCUT2D eigenvalue weighted by Crippen LogP contribution is -2.28. The van der Waals surface area contributed by atoms with Crippen LogP contribution in [0.2, 0.25) is 5.15 Å². The molecule has 0 unspecified atom stereocenters. The Balaban J connectivity index is 2.57. The summed E-state index contributed by atoms with van der Waals surface area (Å²) in [4.78, 5) is 20.4. The van der Waals surface area contributed by atoms with E-state index in [4.69, 9.17) is 11.6 Å². The van der Waals surface area contributed by atoms with E-state index in [1.807, 2.05) is 20.8 Å². The van der Waals surface area contributed by atoms with Crippen molar-refractivity contribution in [3.8, 4) is 0 Å². The summed E-state index contributed by atoms with van der Waals surface area (Å²) < 4.78 is 0. The lowest BCUT2D eigenvalue weighted by atomic mass is 10.2. The van der Waals surface area contributed by atoms with Crippen molar-refractivity contribution in [1.82, 2.24) is 15.3 Å². The van der Waals surface area contributed by atoms with Crippen molar-refractivity contribution in [3.63, 3.8) is 0 Å². The predicted octanol–water partition coefficient (Wildman–Crippen LogP) is 3.14. The summed E-state index contributed by atoms with van der Waals surface area (Å²) in [6.07, 6.45) is 0.408. The normalized spacial score (nSPS) is 11.0. The Kier molecular flexibility index (Phi) is 6.89. The molecule has 5 nitrogen and oxygen atoms in total. The van der Waals surface area contributed by atoms with E-state index >= 15 is 0 Å². The molecule has 0 aliphatic carbocycles. The molecule has 0 saturated carbocycles. The number of rotatable bonds is 7. The maximum Gasteiger partial charge on any atom is 0.221 e. The summed E-state index contributed by atoms with van der Waals surface area (Å²) >= 11 is 6.12. The van der Waals surface area contributed by atoms with Crippen LogP contribution in [0, 0.1) is 12.8 Å². The highest BCUT2D eigenvalue weighted by Gasteiger charge is 2.12. The van der Waals surface area contributed by atoms with E-state index in [2.05, 4.69) is 34.4 Å². The molecule has 1 heterocycles. The number of nitrogens with one attached hydrogen (secondary N) is 2. The molecule has 2 N–H and O–H groups in total. The van der Waals surface area contributed by atoms with Gasteiger partial charge in [-0.25, -0.2) is 9.97 Å². The molecule has 1 aromatic heterocycles. The van der Waals surface area contributed by atoms with E-state index in [1.165, 1.54) is 0 Å². The first-order valence-corrected chi connectivity index (χ1v) is 7.73. The van der Waals surface area contributed by atoms with Gasteiger partial charge in [0.15, 0.2) is 0 Å². The van der Waals surface area contributed by atoms with Gasteiger partial charge in [0, 0.05) is 31.0 Å². The number of halogens is 1. The van der Waals surface area contributed by atoms with Crippen molar-refractivity contribution in [2.24, 2.45) is 5.92 Å². The van der Waals surface area contributed by atoms with Crippen molar-refractivity contribution < 1.29 is 4.79 Å². The number of carbonyl (C=O) groups is 1. The highest BCUT2D eigenvalue weighted by atomic mass is 35.5. The van der Waals surface area contributed by atoms with Crippen LogP contribution < -0.4 is 10.6 Å². The third kappa shape index (κ3) is 5.87.